The van der Waals surface area contributed by atoms with E-state index in [1.807, 2.05) is 0 Å². The van der Waals surface area contributed by atoms with Crippen molar-refractivity contribution in [3.05, 3.63) is 93.0 Å². The first-order valence-corrected chi connectivity index (χ1v) is 25.5. The zero-order valence-electron chi connectivity index (χ0n) is 38.8. The summed E-state index contributed by atoms with van der Waals surface area (Å²) in [5.74, 6) is -6.65. The minimum atomic E-state index is -5.22. The van der Waals surface area contributed by atoms with Gasteiger partial charge in [0.2, 0.25) is 15.9 Å². The number of amides is 1. The average Bonchev–Trinajstić information content (AvgIpc) is 3.73. The number of alkyl halides is 8. The summed E-state index contributed by atoms with van der Waals surface area (Å²) in [6.45, 7) is 2.51. The number of benzene rings is 2. The molecule has 3 atom stereocenters. The monoisotopic (exact) mass is 1080 g/mol. The van der Waals surface area contributed by atoms with Crippen LogP contribution >= 0.6 is 11.6 Å². The maximum atomic E-state index is 15.6. The van der Waals surface area contributed by atoms with Crippen molar-refractivity contribution in [2.45, 2.75) is 95.5 Å². The molecule has 0 spiro atoms. The van der Waals surface area contributed by atoms with Crippen LogP contribution in [0.3, 0.4) is 0 Å². The summed E-state index contributed by atoms with van der Waals surface area (Å²) in [6.07, 6.45) is -9.73. The molecule has 3 heterocycles. The first-order chi connectivity index (χ1) is 32.9. The highest BCUT2D eigenvalue weighted by molar-refractivity contribution is 7.92. The number of carbonyl (C=O) groups excluding carboxylic acids is 2. The van der Waals surface area contributed by atoms with E-state index in [9.17, 15) is 61.5 Å². The van der Waals surface area contributed by atoms with Gasteiger partial charge in [-0.2, -0.15) is 45.3 Å². The summed E-state index contributed by atoms with van der Waals surface area (Å²) in [4.78, 5) is 31.5. The van der Waals surface area contributed by atoms with Gasteiger partial charge in [0.05, 0.1) is 39.3 Å². The fraction of sp³-hybridized carbons (Fsp3) is 0.444. The molecule has 3 aromatic heterocycles. The molecular formula is C45H42ClF10N7O7S2. The van der Waals surface area contributed by atoms with Crippen molar-refractivity contribution in [1.82, 2.24) is 29.9 Å². The van der Waals surface area contributed by atoms with Gasteiger partial charge in [0.15, 0.2) is 28.1 Å². The third kappa shape index (κ3) is 10.9. The molecule has 27 heteroatoms. The van der Waals surface area contributed by atoms with E-state index in [4.69, 9.17) is 16.3 Å². The first-order valence-electron chi connectivity index (χ1n) is 21.3. The minimum absolute atomic E-state index is 0.203. The number of aromatic nitrogens is 5. The first kappa shape index (κ1) is 53.8. The lowest BCUT2D eigenvalue weighted by Crippen LogP contribution is -2.36. The van der Waals surface area contributed by atoms with E-state index in [0.29, 0.717) is 21.3 Å². The Labute approximate surface area is 410 Å². The van der Waals surface area contributed by atoms with E-state index in [-0.39, 0.29) is 33.5 Å². The van der Waals surface area contributed by atoms with Gasteiger partial charge in [-0.15, -0.1) is 0 Å². The number of fused-ring (bicyclic) bond motifs is 4. The van der Waals surface area contributed by atoms with Crippen LogP contribution in [0.25, 0.3) is 22.0 Å². The summed E-state index contributed by atoms with van der Waals surface area (Å²) in [5, 5.41) is 8.97. The number of carbonyl (C=O) groups is 2. The van der Waals surface area contributed by atoms with Crippen molar-refractivity contribution in [3.8, 4) is 23.0 Å². The molecule has 0 unspecified atom stereocenters. The van der Waals surface area contributed by atoms with Crippen molar-refractivity contribution in [1.29, 1.82) is 0 Å². The predicted molar refractivity (Wildman–Crippen MR) is 240 cm³/mol. The molecule has 0 bridgehead atoms. The molecule has 1 amide bonds. The molecule has 14 nitrogen and oxygen atoms in total. The van der Waals surface area contributed by atoms with E-state index in [1.54, 1.807) is 0 Å². The van der Waals surface area contributed by atoms with Gasteiger partial charge < -0.3 is 10.1 Å². The molecule has 388 valence electrons. The van der Waals surface area contributed by atoms with Crippen LogP contribution in [-0.2, 0) is 65.8 Å². The summed E-state index contributed by atoms with van der Waals surface area (Å²) in [7, 11) is -8.48. The summed E-state index contributed by atoms with van der Waals surface area (Å²) < 4.78 is 203. The van der Waals surface area contributed by atoms with Gasteiger partial charge in [-0.05, 0) is 95.2 Å². The summed E-state index contributed by atoms with van der Waals surface area (Å²) in [6, 6.07) is 4.98. The summed E-state index contributed by atoms with van der Waals surface area (Å²) in [5.41, 5.74) is -6.81. The topological polar surface area (TPSA) is 175 Å². The number of nitrogens with zero attached hydrogens (tertiary/aromatic N) is 6. The Bertz CT molecular complexity index is 3320. The van der Waals surface area contributed by atoms with E-state index in [1.165, 1.54) is 46.8 Å². The van der Waals surface area contributed by atoms with Gasteiger partial charge >= 0.3 is 18.3 Å². The standard InChI is InChI=1S/C45H42ClF10N7O7S2/c1-41(2,3)40(65)70-21-63(72(7,68)69)39-34-30(46)11-10-27(36(34)62(60-39)20-43(49,50)51)26-9-8-25(12-13-42(4,5)71(6,66)67)57-35(26)31(16-22-14-23(47)17-24(48)15-22)58-32(64)19-61-38-33(37(59-61)45(54,55)56)28-18-29(28)44(38,52)53/h8-11,14-15,17,28-29,31H,16,18-21H2,1-7H3,(H,58,64)/t28-,29+,31-/m0/s1. The highest BCUT2D eigenvalue weighted by Gasteiger charge is 2.68. The SMILES string of the molecule is CC(C)(C)C(=O)OCN(c1nn(CC(F)(F)F)c2c(-c3ccc(C#CC(C)(C)S(C)(=O)=O)nc3[C@H](Cc3cc(F)cc(F)c3)NC(=O)Cn3nc(C(F)(F)F)c4c3C(F)(F)[C@@H]3C[C@H]43)ccc(Cl)c12)S(C)(=O)=O. The Balaban J connectivity index is 1.48. The smallest absolute Gasteiger partial charge is 0.435 e. The lowest BCUT2D eigenvalue weighted by Gasteiger charge is -2.24. The number of rotatable bonds is 13. The van der Waals surface area contributed by atoms with Crippen molar-refractivity contribution in [3.63, 3.8) is 0 Å². The Morgan fingerprint density at radius 1 is 0.931 bits per heavy atom. The molecule has 1 N–H and O–H groups in total. The number of ether oxygens (including phenoxy) is 1. The van der Waals surface area contributed by atoms with Gasteiger partial charge in [0, 0.05) is 34.9 Å². The number of hydrogen-bond donors (Lipinski definition) is 1. The van der Waals surface area contributed by atoms with E-state index in [2.05, 4.69) is 32.3 Å². The highest BCUT2D eigenvalue weighted by Crippen LogP contribution is 2.68. The predicted octanol–water partition coefficient (Wildman–Crippen LogP) is 8.60. The van der Waals surface area contributed by atoms with Gasteiger partial charge in [0.25, 0.3) is 5.92 Å². The molecule has 2 aromatic carbocycles. The Morgan fingerprint density at radius 2 is 1.56 bits per heavy atom. The van der Waals surface area contributed by atoms with Crippen molar-refractivity contribution >= 4 is 60.1 Å². The van der Waals surface area contributed by atoms with Crippen molar-refractivity contribution in [2.75, 3.05) is 23.5 Å². The number of hydrogen-bond acceptors (Lipinski definition) is 10. The van der Waals surface area contributed by atoms with Gasteiger partial charge in [-0.25, -0.2) is 34.9 Å². The minimum Gasteiger partial charge on any atom is -0.443 e. The number of sulfonamides is 1. The molecule has 2 aliphatic rings. The van der Waals surface area contributed by atoms with Crippen molar-refractivity contribution < 1.29 is 75.1 Å². The van der Waals surface area contributed by atoms with Gasteiger partial charge in [-0.3, -0.25) is 19.0 Å². The average molecular weight is 1080 g/mol. The van der Waals surface area contributed by atoms with Crippen LogP contribution in [0.5, 0.6) is 0 Å². The summed E-state index contributed by atoms with van der Waals surface area (Å²) >= 11 is 6.66. The fourth-order valence-corrected chi connectivity index (χ4v) is 9.24. The number of esters is 1. The maximum Gasteiger partial charge on any atom is 0.435 e. The normalized spacial score (nSPS) is 17.2. The van der Waals surface area contributed by atoms with Crippen LogP contribution in [0.15, 0.2) is 42.5 Å². The second kappa shape index (κ2) is 18.2. The van der Waals surface area contributed by atoms with Crippen LogP contribution < -0.4 is 9.62 Å². The zero-order chi connectivity index (χ0) is 53.6. The Morgan fingerprint density at radius 3 is 2.12 bits per heavy atom. The van der Waals surface area contributed by atoms with E-state index < -0.39 is 160 Å². The molecule has 0 saturated heterocycles. The molecule has 1 saturated carbocycles. The third-order valence-electron chi connectivity index (χ3n) is 11.9. The molecule has 0 radical (unpaired) electrons. The van der Waals surface area contributed by atoms with Crippen LogP contribution in [-0.4, -0.2) is 83.4 Å². The van der Waals surface area contributed by atoms with Gasteiger partial charge in [0.1, 0.15) is 40.9 Å². The van der Waals surface area contributed by atoms with E-state index in [0.717, 1.165) is 30.5 Å². The number of sulfone groups is 1. The molecule has 7 rings (SSSR count). The zero-order valence-corrected chi connectivity index (χ0v) is 41.2. The fourth-order valence-electron chi connectivity index (χ4n) is 8.08. The molecule has 72 heavy (non-hydrogen) atoms. The molecule has 1 fully saturated rings. The molecule has 0 aliphatic heterocycles. The van der Waals surface area contributed by atoms with Crippen LogP contribution in [0.1, 0.15) is 86.9 Å². The van der Waals surface area contributed by atoms with Crippen molar-refractivity contribution in [2.24, 2.45) is 11.3 Å². The van der Waals surface area contributed by atoms with E-state index >= 15 is 8.78 Å². The van der Waals surface area contributed by atoms with Crippen LogP contribution in [0.4, 0.5) is 49.7 Å². The number of halogens is 11. The number of anilines is 1. The van der Waals surface area contributed by atoms with Gasteiger partial charge in [-0.1, -0.05) is 23.6 Å². The second-order valence-electron chi connectivity index (χ2n) is 18.9. The lowest BCUT2D eigenvalue weighted by atomic mass is 9.93. The highest BCUT2D eigenvalue weighted by atomic mass is 35.5. The second-order valence-corrected chi connectivity index (χ2v) is 23.8. The molecule has 2 aliphatic carbocycles. The van der Waals surface area contributed by atoms with Crippen LogP contribution in [0, 0.1) is 34.8 Å². The molecular weight excluding hydrogens is 1040 g/mol. The Hall–Kier alpha value is -5.94. The number of nitrogens with one attached hydrogen (secondary N) is 1. The Kier molecular flexibility index (Phi) is 13.6. The molecule has 5 aromatic rings. The third-order valence-corrected chi connectivity index (χ3v) is 15.2. The lowest BCUT2D eigenvalue weighted by molar-refractivity contribution is -0.152. The maximum absolute atomic E-state index is 15.6. The largest absolute Gasteiger partial charge is 0.443 e. The van der Waals surface area contributed by atoms with Crippen LogP contribution in [0.2, 0.25) is 5.02 Å². The number of pyridine rings is 1. The quantitative estimate of drug-likeness (QED) is 0.0520.